The highest BCUT2D eigenvalue weighted by molar-refractivity contribution is 6.08. The van der Waals surface area contributed by atoms with E-state index in [9.17, 15) is 4.79 Å². The Balaban J connectivity index is 1.46. The van der Waals surface area contributed by atoms with Crippen molar-refractivity contribution in [3.8, 4) is 5.75 Å². The van der Waals surface area contributed by atoms with Gasteiger partial charge in [-0.15, -0.1) is 0 Å². The highest BCUT2D eigenvalue weighted by atomic mass is 16.5. The van der Waals surface area contributed by atoms with Crippen LogP contribution in [0.3, 0.4) is 0 Å². The molecule has 2 heterocycles. The fourth-order valence-electron chi connectivity index (χ4n) is 4.58. The van der Waals surface area contributed by atoms with Crippen LogP contribution in [0.5, 0.6) is 5.75 Å². The van der Waals surface area contributed by atoms with Crippen LogP contribution in [-0.4, -0.2) is 25.6 Å². The van der Waals surface area contributed by atoms with E-state index in [1.54, 1.807) is 7.11 Å². The van der Waals surface area contributed by atoms with Crippen molar-refractivity contribution >= 4 is 22.9 Å². The second-order valence-corrected chi connectivity index (χ2v) is 8.35. The van der Waals surface area contributed by atoms with Gasteiger partial charge in [0, 0.05) is 35.3 Å². The highest BCUT2D eigenvalue weighted by Crippen LogP contribution is 2.38. The van der Waals surface area contributed by atoms with E-state index in [1.165, 1.54) is 11.3 Å². The molecule has 5 heteroatoms. The van der Waals surface area contributed by atoms with E-state index in [-0.39, 0.29) is 5.91 Å². The first-order chi connectivity index (χ1) is 15.1. The quantitative estimate of drug-likeness (QED) is 0.748. The van der Waals surface area contributed by atoms with Gasteiger partial charge in [0.2, 0.25) is 0 Å². The number of carbonyl (C=O) groups excluding carboxylic acids is 1. The summed E-state index contributed by atoms with van der Waals surface area (Å²) in [7, 11) is 1.67. The van der Waals surface area contributed by atoms with E-state index in [1.807, 2.05) is 53.6 Å². The molecule has 0 spiro atoms. The summed E-state index contributed by atoms with van der Waals surface area (Å²) in [6, 6.07) is 14.1. The van der Waals surface area contributed by atoms with Gasteiger partial charge in [-0.2, -0.15) is 0 Å². The highest BCUT2D eigenvalue weighted by Gasteiger charge is 2.26. The average molecular weight is 414 g/mol. The number of benzene rings is 2. The molecule has 0 aromatic heterocycles. The summed E-state index contributed by atoms with van der Waals surface area (Å²) in [5.41, 5.74) is 6.06. The second kappa shape index (κ2) is 7.99. The fraction of sp³-hybridized carbons (Fsp3) is 0.269. The molecule has 1 unspecified atom stereocenters. The molecule has 5 rings (SSSR count). The lowest BCUT2D eigenvalue weighted by atomic mass is 9.88. The number of amides is 1. The summed E-state index contributed by atoms with van der Waals surface area (Å²) in [4.78, 5) is 15.4. The molecule has 158 valence electrons. The number of hydrogen-bond donors (Lipinski definition) is 2. The summed E-state index contributed by atoms with van der Waals surface area (Å²) >= 11 is 0. The number of nitrogens with zero attached hydrogens (tertiary/aromatic N) is 1. The van der Waals surface area contributed by atoms with Gasteiger partial charge in [0.25, 0.3) is 5.91 Å². The fourth-order valence-corrected chi connectivity index (χ4v) is 4.58. The molecule has 2 N–H and O–H groups in total. The number of rotatable bonds is 3. The minimum atomic E-state index is -0.00377. The van der Waals surface area contributed by atoms with Crippen molar-refractivity contribution in [3.05, 3.63) is 83.7 Å². The van der Waals surface area contributed by atoms with E-state index in [4.69, 9.17) is 4.74 Å². The summed E-state index contributed by atoms with van der Waals surface area (Å²) in [6.45, 7) is 2.82. The number of ether oxygens (including phenoxy) is 1. The van der Waals surface area contributed by atoms with Gasteiger partial charge in [0.15, 0.2) is 0 Å². The number of fused-ring (bicyclic) bond motifs is 2. The molecule has 0 bridgehead atoms. The number of carbonyl (C=O) groups is 1. The summed E-state index contributed by atoms with van der Waals surface area (Å²) in [6.07, 6.45) is 10.3. The molecule has 1 aliphatic carbocycles. The number of para-hydroxylation sites is 2. The van der Waals surface area contributed by atoms with Gasteiger partial charge in [-0.05, 0) is 61.9 Å². The van der Waals surface area contributed by atoms with Gasteiger partial charge in [-0.3, -0.25) is 4.79 Å². The van der Waals surface area contributed by atoms with Gasteiger partial charge in [0.05, 0.1) is 18.5 Å². The van der Waals surface area contributed by atoms with Crippen molar-refractivity contribution in [2.45, 2.75) is 25.8 Å². The third kappa shape index (κ3) is 3.61. The van der Waals surface area contributed by atoms with Crippen LogP contribution in [0.1, 0.15) is 35.7 Å². The number of anilines is 2. The first kappa shape index (κ1) is 19.5. The molecule has 2 aromatic carbocycles. The lowest BCUT2D eigenvalue weighted by Crippen LogP contribution is -2.32. The van der Waals surface area contributed by atoms with Crippen molar-refractivity contribution in [3.63, 3.8) is 0 Å². The number of hydrogen-bond acceptors (Lipinski definition) is 4. The SMILES string of the molecule is COc1cc(C(=O)N2CC[C@H](C)Nc3ccccc32)ccc1C1=CC=C2NC=CC2C1. The minimum Gasteiger partial charge on any atom is -0.496 e. The Bertz CT molecular complexity index is 1120. The Kier molecular flexibility index (Phi) is 5.02. The molecule has 3 aliphatic rings. The van der Waals surface area contributed by atoms with Gasteiger partial charge in [-0.1, -0.05) is 30.4 Å². The van der Waals surface area contributed by atoms with Gasteiger partial charge in [-0.25, -0.2) is 0 Å². The lowest BCUT2D eigenvalue weighted by Gasteiger charge is -2.24. The molecule has 2 atom stereocenters. The third-order valence-corrected chi connectivity index (χ3v) is 6.30. The molecule has 2 aliphatic heterocycles. The van der Waals surface area contributed by atoms with Crippen LogP contribution < -0.4 is 20.3 Å². The Morgan fingerprint density at radius 3 is 2.90 bits per heavy atom. The molecule has 5 nitrogen and oxygen atoms in total. The van der Waals surface area contributed by atoms with Crippen LogP contribution in [-0.2, 0) is 0 Å². The van der Waals surface area contributed by atoms with E-state index < -0.39 is 0 Å². The van der Waals surface area contributed by atoms with Crippen LogP contribution in [0.25, 0.3) is 5.57 Å². The zero-order chi connectivity index (χ0) is 21.4. The first-order valence-electron chi connectivity index (χ1n) is 10.8. The van der Waals surface area contributed by atoms with Crippen LogP contribution in [0.4, 0.5) is 11.4 Å². The number of methoxy groups -OCH3 is 1. The Labute approximate surface area is 183 Å². The second-order valence-electron chi connectivity index (χ2n) is 8.35. The monoisotopic (exact) mass is 413 g/mol. The van der Waals surface area contributed by atoms with Gasteiger partial charge >= 0.3 is 0 Å². The molecule has 2 aromatic rings. The van der Waals surface area contributed by atoms with Crippen molar-refractivity contribution in [2.75, 3.05) is 23.9 Å². The Hall–Kier alpha value is -3.47. The smallest absolute Gasteiger partial charge is 0.258 e. The summed E-state index contributed by atoms with van der Waals surface area (Å²) < 4.78 is 5.72. The van der Waals surface area contributed by atoms with E-state index in [2.05, 4.69) is 35.8 Å². The normalized spacial score (nSPS) is 21.7. The third-order valence-electron chi connectivity index (χ3n) is 6.30. The Morgan fingerprint density at radius 1 is 1.16 bits per heavy atom. The van der Waals surface area contributed by atoms with Crippen molar-refractivity contribution in [1.82, 2.24) is 5.32 Å². The van der Waals surface area contributed by atoms with E-state index in [0.717, 1.165) is 35.5 Å². The van der Waals surface area contributed by atoms with E-state index >= 15 is 0 Å². The van der Waals surface area contributed by atoms with Gasteiger partial charge in [0.1, 0.15) is 5.75 Å². The number of allylic oxidation sites excluding steroid dienone is 4. The Morgan fingerprint density at radius 2 is 2.03 bits per heavy atom. The van der Waals surface area contributed by atoms with Crippen LogP contribution in [0, 0.1) is 5.92 Å². The van der Waals surface area contributed by atoms with Crippen LogP contribution >= 0.6 is 0 Å². The molecule has 0 fully saturated rings. The molecular formula is C26H27N3O2. The first-order valence-corrected chi connectivity index (χ1v) is 10.8. The average Bonchev–Trinajstić information content (AvgIpc) is 3.20. The topological polar surface area (TPSA) is 53.6 Å². The molecule has 0 saturated carbocycles. The van der Waals surface area contributed by atoms with E-state index in [0.29, 0.717) is 24.1 Å². The molecular weight excluding hydrogens is 386 g/mol. The predicted molar refractivity (Wildman–Crippen MR) is 125 cm³/mol. The predicted octanol–water partition coefficient (Wildman–Crippen LogP) is 4.95. The zero-order valence-electron chi connectivity index (χ0n) is 17.9. The zero-order valence-corrected chi connectivity index (χ0v) is 17.9. The maximum atomic E-state index is 13.5. The molecule has 31 heavy (non-hydrogen) atoms. The maximum Gasteiger partial charge on any atom is 0.258 e. The lowest BCUT2D eigenvalue weighted by molar-refractivity contribution is 0.0986. The van der Waals surface area contributed by atoms with Crippen molar-refractivity contribution < 1.29 is 9.53 Å². The molecule has 0 saturated heterocycles. The maximum absolute atomic E-state index is 13.5. The van der Waals surface area contributed by atoms with Crippen molar-refractivity contribution in [1.29, 1.82) is 0 Å². The summed E-state index contributed by atoms with van der Waals surface area (Å²) in [5, 5.41) is 6.79. The molecule has 1 amide bonds. The summed E-state index contributed by atoms with van der Waals surface area (Å²) in [5.74, 6) is 1.11. The van der Waals surface area contributed by atoms with Crippen LogP contribution in [0.2, 0.25) is 0 Å². The van der Waals surface area contributed by atoms with Crippen molar-refractivity contribution in [2.24, 2.45) is 5.92 Å². The number of nitrogens with one attached hydrogen (secondary N) is 2. The van der Waals surface area contributed by atoms with Gasteiger partial charge < -0.3 is 20.3 Å². The molecule has 0 radical (unpaired) electrons. The minimum absolute atomic E-state index is 0.00377. The standard InChI is InChI=1S/C26H27N3O2/c1-17-12-14-29(24-6-4-3-5-23(24)28-17)26(30)20-7-9-21(25(16-20)31-2)18-8-10-22-19(15-18)11-13-27-22/h3-11,13,16-17,19,27-28H,12,14-15H2,1-2H3/t17-,19?/m0/s1. The van der Waals surface area contributed by atoms with Crippen LogP contribution in [0.15, 0.2) is 72.6 Å². The largest absolute Gasteiger partial charge is 0.496 e.